The van der Waals surface area contributed by atoms with Crippen LogP contribution in [-0.4, -0.2) is 26.1 Å². The molecule has 0 aliphatic rings. The molecule has 0 aromatic heterocycles. The van der Waals surface area contributed by atoms with Gasteiger partial charge in [0.2, 0.25) is 5.91 Å². The number of carbonyl (C=O) groups excluding carboxylic acids is 2. The maximum Gasteiger partial charge on any atom is 0.341 e. The van der Waals surface area contributed by atoms with Gasteiger partial charge in [0.15, 0.2) is 17.0 Å². The Balaban J connectivity index is 1.57. The van der Waals surface area contributed by atoms with E-state index in [1.807, 2.05) is 42.5 Å². The number of hydrogen-bond acceptors (Lipinski definition) is 7. The zero-order valence-electron chi connectivity index (χ0n) is 25.5. The standard InChI is InChI=1S/C38H33N3O5/c1-44-34-24-29(20-23-33(34)46-26-28-12-6-3-7-13-28)35(40-32-21-18-27(25-39)19-22-32)36(42)41-38(37(43)45-2,30-14-8-4-9-15-30)31-16-10-5-11-17-31/h3-24,35,40H,26H2,1-2H3,(H,41,42). The van der Waals surface area contributed by atoms with Gasteiger partial charge in [-0.3, -0.25) is 4.79 Å². The number of benzene rings is 5. The molecule has 0 bridgehead atoms. The summed E-state index contributed by atoms with van der Waals surface area (Å²) in [4.78, 5) is 28.3. The summed E-state index contributed by atoms with van der Waals surface area (Å²) in [6.07, 6.45) is 0. The van der Waals surface area contributed by atoms with Crippen molar-refractivity contribution in [3.05, 3.63) is 161 Å². The van der Waals surface area contributed by atoms with Crippen LogP contribution in [0.3, 0.4) is 0 Å². The van der Waals surface area contributed by atoms with Crippen molar-refractivity contribution < 1.29 is 23.8 Å². The van der Waals surface area contributed by atoms with Crippen LogP contribution in [0.15, 0.2) is 133 Å². The van der Waals surface area contributed by atoms with E-state index < -0.39 is 23.5 Å². The Kier molecular flexibility index (Phi) is 9.95. The van der Waals surface area contributed by atoms with Gasteiger partial charge in [-0.1, -0.05) is 97.1 Å². The maximum absolute atomic E-state index is 14.5. The number of hydrogen-bond donors (Lipinski definition) is 2. The Morgan fingerprint density at radius 2 is 1.35 bits per heavy atom. The molecule has 0 spiro atoms. The summed E-state index contributed by atoms with van der Waals surface area (Å²) in [5, 5.41) is 15.6. The number of methoxy groups -OCH3 is 2. The molecule has 0 saturated heterocycles. The molecule has 1 unspecified atom stereocenters. The van der Waals surface area contributed by atoms with Gasteiger partial charge in [-0.25, -0.2) is 4.79 Å². The first-order valence-electron chi connectivity index (χ1n) is 14.6. The summed E-state index contributed by atoms with van der Waals surface area (Å²) >= 11 is 0. The summed E-state index contributed by atoms with van der Waals surface area (Å²) < 4.78 is 17.1. The predicted octanol–water partition coefficient (Wildman–Crippen LogP) is 6.53. The second-order valence-corrected chi connectivity index (χ2v) is 10.4. The molecular formula is C38H33N3O5. The van der Waals surface area contributed by atoms with Gasteiger partial charge in [0.05, 0.1) is 25.9 Å². The van der Waals surface area contributed by atoms with Crippen molar-refractivity contribution in [2.75, 3.05) is 19.5 Å². The van der Waals surface area contributed by atoms with E-state index in [0.717, 1.165) is 5.56 Å². The lowest BCUT2D eigenvalue weighted by Gasteiger charge is -2.35. The molecule has 5 aromatic carbocycles. The van der Waals surface area contributed by atoms with Crippen LogP contribution in [-0.2, 0) is 26.5 Å². The van der Waals surface area contributed by atoms with Crippen LogP contribution in [0, 0.1) is 11.3 Å². The molecule has 0 heterocycles. The molecular weight excluding hydrogens is 578 g/mol. The monoisotopic (exact) mass is 611 g/mol. The van der Waals surface area contributed by atoms with Crippen LogP contribution in [0.25, 0.3) is 0 Å². The zero-order valence-corrected chi connectivity index (χ0v) is 25.5. The van der Waals surface area contributed by atoms with E-state index in [4.69, 9.17) is 14.2 Å². The van der Waals surface area contributed by atoms with Crippen molar-refractivity contribution in [1.82, 2.24) is 5.32 Å². The molecule has 230 valence electrons. The summed E-state index contributed by atoms with van der Waals surface area (Å²) in [5.41, 5.74) is 2.00. The highest BCUT2D eigenvalue weighted by Gasteiger charge is 2.46. The first kappa shape index (κ1) is 31.4. The van der Waals surface area contributed by atoms with Crippen molar-refractivity contribution in [3.8, 4) is 17.6 Å². The molecule has 0 saturated carbocycles. The summed E-state index contributed by atoms with van der Waals surface area (Å²) in [7, 11) is 2.82. The van der Waals surface area contributed by atoms with Gasteiger partial charge in [0.25, 0.3) is 0 Å². The number of ether oxygens (including phenoxy) is 3. The molecule has 8 heteroatoms. The third-order valence-electron chi connectivity index (χ3n) is 7.56. The lowest BCUT2D eigenvalue weighted by molar-refractivity contribution is -0.149. The van der Waals surface area contributed by atoms with Crippen LogP contribution in [0.5, 0.6) is 11.5 Å². The molecule has 0 radical (unpaired) electrons. The van der Waals surface area contributed by atoms with E-state index in [1.165, 1.54) is 14.2 Å². The van der Waals surface area contributed by atoms with Crippen molar-refractivity contribution in [1.29, 1.82) is 5.26 Å². The molecule has 8 nitrogen and oxygen atoms in total. The van der Waals surface area contributed by atoms with Crippen LogP contribution in [0.4, 0.5) is 5.69 Å². The summed E-state index contributed by atoms with van der Waals surface area (Å²) in [6, 6.07) is 40.8. The van der Waals surface area contributed by atoms with Crippen molar-refractivity contribution in [2.45, 2.75) is 18.2 Å². The highest BCUT2D eigenvalue weighted by Crippen LogP contribution is 2.35. The van der Waals surface area contributed by atoms with Crippen molar-refractivity contribution >= 4 is 17.6 Å². The smallest absolute Gasteiger partial charge is 0.341 e. The second kappa shape index (κ2) is 14.6. The lowest BCUT2D eigenvalue weighted by atomic mass is 9.82. The second-order valence-electron chi connectivity index (χ2n) is 10.4. The van der Waals surface area contributed by atoms with Gasteiger partial charge < -0.3 is 24.8 Å². The maximum atomic E-state index is 14.5. The van der Waals surface area contributed by atoms with Gasteiger partial charge in [-0.2, -0.15) is 5.26 Å². The largest absolute Gasteiger partial charge is 0.493 e. The zero-order chi connectivity index (χ0) is 32.4. The summed E-state index contributed by atoms with van der Waals surface area (Å²) in [5.74, 6) is -0.233. The Morgan fingerprint density at radius 1 is 0.761 bits per heavy atom. The third-order valence-corrected chi connectivity index (χ3v) is 7.56. The number of carbonyl (C=O) groups is 2. The lowest BCUT2D eigenvalue weighted by Crippen LogP contribution is -2.55. The third kappa shape index (κ3) is 6.85. The number of amides is 1. The van der Waals surface area contributed by atoms with E-state index in [9.17, 15) is 14.9 Å². The first-order chi connectivity index (χ1) is 22.5. The predicted molar refractivity (Wildman–Crippen MR) is 175 cm³/mol. The van der Waals surface area contributed by atoms with Crippen molar-refractivity contribution in [2.24, 2.45) is 0 Å². The quantitative estimate of drug-likeness (QED) is 0.154. The van der Waals surface area contributed by atoms with Gasteiger partial charge in [-0.05, 0) is 58.7 Å². The van der Waals surface area contributed by atoms with Gasteiger partial charge >= 0.3 is 5.97 Å². The van der Waals surface area contributed by atoms with Gasteiger partial charge in [0, 0.05) is 5.69 Å². The Bertz CT molecular complexity index is 1770. The van der Waals surface area contributed by atoms with E-state index in [1.54, 1.807) is 91.0 Å². The number of esters is 1. The van der Waals surface area contributed by atoms with Crippen LogP contribution < -0.4 is 20.1 Å². The average Bonchev–Trinajstić information content (AvgIpc) is 3.13. The fourth-order valence-electron chi connectivity index (χ4n) is 5.21. The first-order valence-corrected chi connectivity index (χ1v) is 14.6. The van der Waals surface area contributed by atoms with E-state index in [2.05, 4.69) is 16.7 Å². The Morgan fingerprint density at radius 3 is 1.89 bits per heavy atom. The molecule has 5 aromatic rings. The Hall–Kier alpha value is -6.07. The molecule has 2 N–H and O–H groups in total. The minimum absolute atomic E-state index is 0.333. The number of nitrogens with one attached hydrogen (secondary N) is 2. The highest BCUT2D eigenvalue weighted by molar-refractivity contribution is 5.95. The van der Waals surface area contributed by atoms with E-state index >= 15 is 0 Å². The number of anilines is 1. The highest BCUT2D eigenvalue weighted by atomic mass is 16.5. The van der Waals surface area contributed by atoms with Gasteiger partial charge in [0.1, 0.15) is 12.6 Å². The summed E-state index contributed by atoms with van der Waals surface area (Å²) in [6.45, 7) is 0.333. The number of nitrogens with zero attached hydrogens (tertiary/aromatic N) is 1. The fraction of sp³-hybridized carbons (Fsp3) is 0.132. The van der Waals surface area contributed by atoms with E-state index in [-0.39, 0.29) is 0 Å². The Labute approximate surface area is 268 Å². The van der Waals surface area contributed by atoms with Crippen LogP contribution in [0.2, 0.25) is 0 Å². The molecule has 0 aliphatic carbocycles. The molecule has 0 fully saturated rings. The molecule has 46 heavy (non-hydrogen) atoms. The molecule has 1 atom stereocenters. The minimum Gasteiger partial charge on any atom is -0.493 e. The molecule has 1 amide bonds. The fourth-order valence-corrected chi connectivity index (χ4v) is 5.21. The SMILES string of the molecule is COC(=O)C(NC(=O)C(Nc1ccc(C#N)cc1)c1ccc(OCc2ccccc2)c(OC)c1)(c1ccccc1)c1ccccc1. The topological polar surface area (TPSA) is 110 Å². The normalized spacial score (nSPS) is 11.4. The molecule has 0 aliphatic heterocycles. The minimum atomic E-state index is -1.66. The average molecular weight is 612 g/mol. The van der Waals surface area contributed by atoms with Crippen molar-refractivity contribution in [3.63, 3.8) is 0 Å². The van der Waals surface area contributed by atoms with Crippen LogP contribution >= 0.6 is 0 Å². The van der Waals surface area contributed by atoms with Crippen LogP contribution in [0.1, 0.15) is 33.9 Å². The number of rotatable bonds is 12. The number of nitriles is 1. The molecule has 5 rings (SSSR count). The van der Waals surface area contributed by atoms with E-state index in [0.29, 0.717) is 46.0 Å². The van der Waals surface area contributed by atoms with Gasteiger partial charge in [-0.15, -0.1) is 0 Å².